The molecule has 82 valence electrons. The number of hydrogen-bond donors (Lipinski definition) is 2. The first-order valence-electron chi connectivity index (χ1n) is 4.93. The molecule has 14 heavy (non-hydrogen) atoms. The van der Waals surface area contributed by atoms with Gasteiger partial charge in [-0.1, -0.05) is 20.8 Å². The topological polar surface area (TPSA) is 58.2 Å². The molecule has 0 saturated heterocycles. The average Bonchev–Trinajstić information content (AvgIpc) is 2.02. The fourth-order valence-corrected chi connectivity index (χ4v) is 0.840. The van der Waals surface area contributed by atoms with E-state index in [2.05, 4.69) is 10.6 Å². The van der Waals surface area contributed by atoms with Gasteiger partial charge in [-0.25, -0.2) is 0 Å². The van der Waals surface area contributed by atoms with E-state index >= 15 is 0 Å². The van der Waals surface area contributed by atoms with E-state index in [1.807, 2.05) is 27.7 Å². The molecule has 0 unspecified atom stereocenters. The highest BCUT2D eigenvalue weighted by Crippen LogP contribution is 2.11. The first-order valence-corrected chi connectivity index (χ1v) is 4.93. The molecule has 0 aromatic rings. The lowest BCUT2D eigenvalue weighted by Crippen LogP contribution is -2.37. The number of carbonyl (C=O) groups is 2. The SMILES string of the molecule is CCNC(=O)CCNC(=O)C(C)(C)C. The van der Waals surface area contributed by atoms with Gasteiger partial charge in [-0.2, -0.15) is 0 Å². The minimum absolute atomic E-state index is 0.0261. The van der Waals surface area contributed by atoms with E-state index in [1.54, 1.807) is 0 Å². The van der Waals surface area contributed by atoms with Gasteiger partial charge in [0, 0.05) is 24.9 Å². The second-order valence-corrected chi connectivity index (χ2v) is 4.21. The van der Waals surface area contributed by atoms with Crippen molar-refractivity contribution in [3.05, 3.63) is 0 Å². The highest BCUT2D eigenvalue weighted by atomic mass is 16.2. The summed E-state index contributed by atoms with van der Waals surface area (Å²) < 4.78 is 0. The van der Waals surface area contributed by atoms with Gasteiger partial charge in [0.15, 0.2) is 0 Å². The third-order valence-electron chi connectivity index (χ3n) is 1.69. The summed E-state index contributed by atoms with van der Waals surface area (Å²) in [5.74, 6) is -0.0523. The van der Waals surface area contributed by atoms with Crippen molar-refractivity contribution in [3.63, 3.8) is 0 Å². The van der Waals surface area contributed by atoms with Crippen LogP contribution >= 0.6 is 0 Å². The first-order chi connectivity index (χ1) is 6.38. The van der Waals surface area contributed by atoms with Crippen LogP contribution in [-0.4, -0.2) is 24.9 Å². The van der Waals surface area contributed by atoms with Crippen molar-refractivity contribution in [1.82, 2.24) is 10.6 Å². The van der Waals surface area contributed by atoms with E-state index in [4.69, 9.17) is 0 Å². The van der Waals surface area contributed by atoms with Crippen molar-refractivity contribution in [2.45, 2.75) is 34.1 Å². The maximum atomic E-state index is 11.4. The van der Waals surface area contributed by atoms with E-state index < -0.39 is 0 Å². The Bertz CT molecular complexity index is 207. The molecule has 0 fully saturated rings. The van der Waals surface area contributed by atoms with Crippen LogP contribution < -0.4 is 10.6 Å². The number of nitrogens with one attached hydrogen (secondary N) is 2. The van der Waals surface area contributed by atoms with E-state index in [-0.39, 0.29) is 17.2 Å². The van der Waals surface area contributed by atoms with Crippen LogP contribution in [0.5, 0.6) is 0 Å². The molecule has 0 radical (unpaired) electrons. The zero-order valence-electron chi connectivity index (χ0n) is 9.44. The smallest absolute Gasteiger partial charge is 0.225 e. The van der Waals surface area contributed by atoms with Crippen molar-refractivity contribution in [3.8, 4) is 0 Å². The molecule has 0 aromatic carbocycles. The monoisotopic (exact) mass is 200 g/mol. The molecule has 0 aromatic heterocycles. The average molecular weight is 200 g/mol. The van der Waals surface area contributed by atoms with Crippen LogP contribution in [0.2, 0.25) is 0 Å². The largest absolute Gasteiger partial charge is 0.356 e. The van der Waals surface area contributed by atoms with Crippen LogP contribution in [0.3, 0.4) is 0 Å². The molecule has 0 aliphatic heterocycles. The summed E-state index contributed by atoms with van der Waals surface area (Å²) in [6.45, 7) is 8.43. The summed E-state index contributed by atoms with van der Waals surface area (Å²) in [4.78, 5) is 22.4. The van der Waals surface area contributed by atoms with Crippen LogP contribution in [0.15, 0.2) is 0 Å². The highest BCUT2D eigenvalue weighted by molar-refractivity contribution is 5.82. The molecule has 2 amide bonds. The molecule has 4 nitrogen and oxygen atoms in total. The van der Waals surface area contributed by atoms with Crippen LogP contribution in [0.25, 0.3) is 0 Å². The van der Waals surface area contributed by atoms with Gasteiger partial charge in [-0.3, -0.25) is 9.59 Å². The van der Waals surface area contributed by atoms with Crippen LogP contribution in [0.1, 0.15) is 34.1 Å². The Morgan fingerprint density at radius 1 is 1.14 bits per heavy atom. The molecular weight excluding hydrogens is 180 g/mol. The van der Waals surface area contributed by atoms with E-state index in [0.717, 1.165) is 0 Å². The van der Waals surface area contributed by atoms with Gasteiger partial charge in [-0.05, 0) is 6.92 Å². The molecule has 0 aliphatic rings. The van der Waals surface area contributed by atoms with Crippen molar-refractivity contribution in [2.75, 3.05) is 13.1 Å². The lowest BCUT2D eigenvalue weighted by atomic mass is 9.96. The van der Waals surface area contributed by atoms with E-state index in [9.17, 15) is 9.59 Å². The Morgan fingerprint density at radius 3 is 2.14 bits per heavy atom. The molecule has 0 bridgehead atoms. The molecule has 4 heteroatoms. The minimum atomic E-state index is -0.388. The molecule has 2 N–H and O–H groups in total. The zero-order valence-corrected chi connectivity index (χ0v) is 9.44. The summed E-state index contributed by atoms with van der Waals surface area (Å²) in [7, 11) is 0. The van der Waals surface area contributed by atoms with Crippen LogP contribution in [-0.2, 0) is 9.59 Å². The Kier molecular flexibility index (Phi) is 5.20. The summed E-state index contributed by atoms with van der Waals surface area (Å²) in [5, 5.41) is 5.38. The Labute approximate surface area is 85.4 Å². The molecule has 0 spiro atoms. The second kappa shape index (κ2) is 5.62. The molecule has 0 aliphatic carbocycles. The van der Waals surface area contributed by atoms with Gasteiger partial charge in [-0.15, -0.1) is 0 Å². The third-order valence-corrected chi connectivity index (χ3v) is 1.69. The van der Waals surface area contributed by atoms with Crippen LogP contribution in [0.4, 0.5) is 0 Å². The van der Waals surface area contributed by atoms with E-state index in [0.29, 0.717) is 19.5 Å². The normalized spacial score (nSPS) is 10.9. The predicted molar refractivity (Wildman–Crippen MR) is 55.8 cm³/mol. The minimum Gasteiger partial charge on any atom is -0.356 e. The molecular formula is C10H20N2O2. The zero-order chi connectivity index (χ0) is 11.2. The summed E-state index contributed by atoms with van der Waals surface area (Å²) in [5.41, 5.74) is -0.388. The van der Waals surface area contributed by atoms with Crippen molar-refractivity contribution in [2.24, 2.45) is 5.41 Å². The predicted octanol–water partition coefficient (Wildman–Crippen LogP) is 0.675. The number of hydrogen-bond acceptors (Lipinski definition) is 2. The third kappa shape index (κ3) is 5.56. The fourth-order valence-electron chi connectivity index (χ4n) is 0.840. The lowest BCUT2D eigenvalue weighted by Gasteiger charge is -2.17. The van der Waals surface area contributed by atoms with Crippen molar-refractivity contribution >= 4 is 11.8 Å². The molecule has 0 rings (SSSR count). The molecule has 0 atom stereocenters. The second-order valence-electron chi connectivity index (χ2n) is 4.21. The summed E-state index contributed by atoms with van der Waals surface area (Å²) in [6, 6.07) is 0. The standard InChI is InChI=1S/C10H20N2O2/c1-5-11-8(13)6-7-12-9(14)10(2,3)4/h5-7H2,1-4H3,(H,11,13)(H,12,14). The van der Waals surface area contributed by atoms with Gasteiger partial charge >= 0.3 is 0 Å². The number of amides is 2. The van der Waals surface area contributed by atoms with Crippen molar-refractivity contribution < 1.29 is 9.59 Å². The van der Waals surface area contributed by atoms with Gasteiger partial charge in [0.1, 0.15) is 0 Å². The highest BCUT2D eigenvalue weighted by Gasteiger charge is 2.20. The lowest BCUT2D eigenvalue weighted by molar-refractivity contribution is -0.128. The quantitative estimate of drug-likeness (QED) is 0.701. The number of carbonyl (C=O) groups excluding carboxylic acids is 2. The van der Waals surface area contributed by atoms with Gasteiger partial charge < -0.3 is 10.6 Å². The fraction of sp³-hybridized carbons (Fsp3) is 0.800. The number of rotatable bonds is 4. The maximum Gasteiger partial charge on any atom is 0.225 e. The summed E-state index contributed by atoms with van der Waals surface area (Å²) >= 11 is 0. The molecule has 0 saturated carbocycles. The Hall–Kier alpha value is -1.06. The summed E-state index contributed by atoms with van der Waals surface area (Å²) in [6.07, 6.45) is 0.343. The van der Waals surface area contributed by atoms with Gasteiger partial charge in [0.2, 0.25) is 11.8 Å². The Balaban J connectivity index is 3.65. The van der Waals surface area contributed by atoms with E-state index in [1.165, 1.54) is 0 Å². The Morgan fingerprint density at radius 2 is 1.71 bits per heavy atom. The van der Waals surface area contributed by atoms with Gasteiger partial charge in [0.05, 0.1) is 0 Å². The first kappa shape index (κ1) is 12.9. The van der Waals surface area contributed by atoms with Gasteiger partial charge in [0.25, 0.3) is 0 Å². The molecule has 0 heterocycles. The maximum absolute atomic E-state index is 11.4. The van der Waals surface area contributed by atoms with Crippen LogP contribution in [0, 0.1) is 5.41 Å². The van der Waals surface area contributed by atoms with Crippen molar-refractivity contribution in [1.29, 1.82) is 0 Å².